The van der Waals surface area contributed by atoms with Crippen LogP contribution in [0.25, 0.3) is 10.4 Å². The lowest BCUT2D eigenvalue weighted by Crippen LogP contribution is -2.09. The van der Waals surface area contributed by atoms with E-state index in [1.165, 1.54) is 13.8 Å². The largest absolute Gasteiger partial charge is 0.398 e. The van der Waals surface area contributed by atoms with Gasteiger partial charge >= 0.3 is 10.2 Å². The van der Waals surface area contributed by atoms with Crippen molar-refractivity contribution >= 4 is 15.9 Å². The molecule has 0 bridgehead atoms. The second-order valence-electron chi connectivity index (χ2n) is 3.92. The van der Waals surface area contributed by atoms with Gasteiger partial charge in [0.2, 0.25) is 0 Å². The lowest BCUT2D eigenvalue weighted by atomic mass is 9.97. The van der Waals surface area contributed by atoms with Gasteiger partial charge in [-0.05, 0) is 48.6 Å². The van der Waals surface area contributed by atoms with Crippen LogP contribution in [0.1, 0.15) is 22.3 Å². The van der Waals surface area contributed by atoms with Crippen LogP contribution in [0.2, 0.25) is 0 Å². The highest BCUT2D eigenvalue weighted by Gasteiger charge is 2.24. The van der Waals surface area contributed by atoms with Gasteiger partial charge in [0, 0.05) is 10.6 Å². The van der Waals surface area contributed by atoms with Crippen LogP contribution >= 0.6 is 0 Å². The number of rotatable bonds is 3. The molecule has 0 heterocycles. The molecule has 0 aliphatic carbocycles. The first-order chi connectivity index (χ1) is 8.21. The number of benzene rings is 1. The lowest BCUT2D eigenvalue weighted by Gasteiger charge is -2.16. The zero-order valence-electron chi connectivity index (χ0n) is 10.2. The molecule has 0 aromatic heterocycles. The monoisotopic (exact) mass is 272 g/mol. The Hall–Kier alpha value is -1.79. The SMILES string of the molecule is Cc1c(N)c(C)c(S(=O)(=O)F)c(C)c1CN=[N+]=[N-]. The van der Waals surface area contributed by atoms with Crippen molar-refractivity contribution in [2.75, 3.05) is 5.73 Å². The summed E-state index contributed by atoms with van der Waals surface area (Å²) in [5.41, 5.74) is 15.7. The number of hydrogen-bond acceptors (Lipinski definition) is 4. The Labute approximate surface area is 104 Å². The maximum absolute atomic E-state index is 13.3. The van der Waals surface area contributed by atoms with Crippen molar-refractivity contribution in [1.82, 2.24) is 0 Å². The lowest BCUT2D eigenvalue weighted by molar-refractivity contribution is 0.550. The Morgan fingerprint density at radius 3 is 2.28 bits per heavy atom. The summed E-state index contributed by atoms with van der Waals surface area (Å²) in [4.78, 5) is 2.16. The summed E-state index contributed by atoms with van der Waals surface area (Å²) in [6.45, 7) is 4.51. The van der Waals surface area contributed by atoms with E-state index in [1.54, 1.807) is 6.92 Å². The van der Waals surface area contributed by atoms with Gasteiger partial charge in [0.1, 0.15) is 4.90 Å². The van der Waals surface area contributed by atoms with Gasteiger partial charge in [0.15, 0.2) is 0 Å². The fourth-order valence-corrected chi connectivity index (χ4v) is 2.94. The van der Waals surface area contributed by atoms with Gasteiger partial charge in [0.05, 0.1) is 6.54 Å². The quantitative estimate of drug-likeness (QED) is 0.300. The molecular formula is C10H13FN4O2S. The van der Waals surface area contributed by atoms with E-state index in [-0.39, 0.29) is 23.4 Å². The molecule has 0 saturated carbocycles. The smallest absolute Gasteiger partial charge is 0.332 e. The number of azide groups is 1. The van der Waals surface area contributed by atoms with Crippen LogP contribution in [-0.2, 0) is 16.8 Å². The molecule has 0 aliphatic heterocycles. The highest BCUT2D eigenvalue weighted by atomic mass is 32.3. The Bertz CT molecular complexity index is 649. The molecule has 0 aliphatic rings. The average Bonchev–Trinajstić information content (AvgIpc) is 2.24. The van der Waals surface area contributed by atoms with Crippen molar-refractivity contribution in [3.05, 3.63) is 32.7 Å². The van der Waals surface area contributed by atoms with Crippen LogP contribution < -0.4 is 5.73 Å². The van der Waals surface area contributed by atoms with Crippen LogP contribution in [0.15, 0.2) is 10.0 Å². The molecule has 1 rings (SSSR count). The number of nitrogens with zero attached hydrogens (tertiary/aromatic N) is 3. The van der Waals surface area contributed by atoms with E-state index in [4.69, 9.17) is 11.3 Å². The first kappa shape index (κ1) is 14.3. The zero-order chi connectivity index (χ0) is 14.1. The van der Waals surface area contributed by atoms with Crippen LogP contribution in [-0.4, -0.2) is 8.42 Å². The molecule has 18 heavy (non-hydrogen) atoms. The molecule has 0 unspecified atom stereocenters. The molecule has 1 aromatic rings. The second kappa shape index (κ2) is 4.83. The molecule has 0 spiro atoms. The number of nitrogen functional groups attached to an aromatic ring is 1. The van der Waals surface area contributed by atoms with Gasteiger partial charge in [-0.25, -0.2) is 0 Å². The minimum Gasteiger partial charge on any atom is -0.398 e. The van der Waals surface area contributed by atoms with Gasteiger partial charge in [-0.2, -0.15) is 8.42 Å². The van der Waals surface area contributed by atoms with Gasteiger partial charge in [0.25, 0.3) is 0 Å². The fourth-order valence-electron chi connectivity index (χ4n) is 1.97. The summed E-state index contributed by atoms with van der Waals surface area (Å²) in [6, 6.07) is 0. The minimum atomic E-state index is -4.87. The number of hydrogen-bond donors (Lipinski definition) is 1. The average molecular weight is 272 g/mol. The van der Waals surface area contributed by atoms with Crippen LogP contribution in [0.4, 0.5) is 9.57 Å². The molecule has 6 nitrogen and oxygen atoms in total. The van der Waals surface area contributed by atoms with E-state index in [9.17, 15) is 12.3 Å². The van der Waals surface area contributed by atoms with Crippen molar-refractivity contribution in [1.29, 1.82) is 0 Å². The van der Waals surface area contributed by atoms with Crippen molar-refractivity contribution in [2.24, 2.45) is 5.11 Å². The van der Waals surface area contributed by atoms with Gasteiger partial charge < -0.3 is 5.73 Å². The third-order valence-electron chi connectivity index (χ3n) is 2.93. The summed E-state index contributed by atoms with van der Waals surface area (Å²) in [5, 5.41) is 3.37. The summed E-state index contributed by atoms with van der Waals surface area (Å²) < 4.78 is 35.5. The minimum absolute atomic E-state index is 0.0683. The van der Waals surface area contributed by atoms with E-state index in [1.807, 2.05) is 0 Å². The molecule has 8 heteroatoms. The maximum Gasteiger partial charge on any atom is 0.332 e. The molecule has 0 saturated heterocycles. The molecule has 0 amide bonds. The first-order valence-corrected chi connectivity index (χ1v) is 6.43. The summed E-state index contributed by atoms with van der Waals surface area (Å²) in [7, 11) is -4.87. The molecular weight excluding hydrogens is 259 g/mol. The van der Waals surface area contributed by atoms with Crippen molar-refractivity contribution in [3.8, 4) is 0 Å². The normalized spacial score (nSPS) is 11.1. The standard InChI is InChI=1S/C10H13FN4O2S/c1-5-8(4-14-15-13)6(2)10(18(11,16)17)7(3)9(5)12/h4,12H2,1-3H3. The van der Waals surface area contributed by atoms with Crippen molar-refractivity contribution in [2.45, 2.75) is 32.2 Å². The van der Waals surface area contributed by atoms with Gasteiger partial charge in [-0.15, -0.1) is 3.89 Å². The third kappa shape index (κ3) is 2.39. The molecule has 1 aromatic carbocycles. The Kier molecular flexibility index (Phi) is 3.83. The molecule has 0 radical (unpaired) electrons. The Morgan fingerprint density at radius 1 is 1.28 bits per heavy atom. The van der Waals surface area contributed by atoms with E-state index < -0.39 is 15.1 Å². The summed E-state index contributed by atoms with van der Waals surface area (Å²) in [6.07, 6.45) is 0. The fraction of sp³-hybridized carbons (Fsp3) is 0.400. The van der Waals surface area contributed by atoms with Gasteiger partial charge in [-0.1, -0.05) is 5.11 Å². The maximum atomic E-state index is 13.3. The molecule has 98 valence electrons. The highest BCUT2D eigenvalue weighted by molar-refractivity contribution is 7.86. The first-order valence-electron chi connectivity index (χ1n) is 5.05. The van der Waals surface area contributed by atoms with E-state index in [0.717, 1.165) is 0 Å². The van der Waals surface area contributed by atoms with Crippen LogP contribution in [0.5, 0.6) is 0 Å². The van der Waals surface area contributed by atoms with Crippen LogP contribution in [0.3, 0.4) is 0 Å². The molecule has 0 atom stereocenters. The topological polar surface area (TPSA) is 109 Å². The summed E-state index contributed by atoms with van der Waals surface area (Å²) >= 11 is 0. The van der Waals surface area contributed by atoms with E-state index >= 15 is 0 Å². The number of halogens is 1. The molecule has 2 N–H and O–H groups in total. The van der Waals surface area contributed by atoms with E-state index in [0.29, 0.717) is 11.1 Å². The van der Waals surface area contributed by atoms with Crippen molar-refractivity contribution < 1.29 is 12.3 Å². The van der Waals surface area contributed by atoms with Gasteiger partial charge in [-0.3, -0.25) is 0 Å². The zero-order valence-corrected chi connectivity index (χ0v) is 11.0. The predicted octanol–water partition coefficient (Wildman–Crippen LogP) is 2.66. The van der Waals surface area contributed by atoms with Crippen molar-refractivity contribution in [3.63, 3.8) is 0 Å². The molecule has 0 fully saturated rings. The number of nitrogens with two attached hydrogens (primary N) is 1. The Morgan fingerprint density at radius 2 is 1.83 bits per heavy atom. The second-order valence-corrected chi connectivity index (χ2v) is 5.21. The highest BCUT2D eigenvalue weighted by Crippen LogP contribution is 2.33. The summed E-state index contributed by atoms with van der Waals surface area (Å²) in [5.74, 6) is 0. The Balaban J connectivity index is 3.76. The van der Waals surface area contributed by atoms with Crippen LogP contribution in [0, 0.1) is 20.8 Å². The predicted molar refractivity (Wildman–Crippen MR) is 66.2 cm³/mol. The number of anilines is 1. The van der Waals surface area contributed by atoms with E-state index in [2.05, 4.69) is 10.0 Å². The third-order valence-corrected chi connectivity index (χ3v) is 4.03.